The van der Waals surface area contributed by atoms with Crippen molar-refractivity contribution in [2.24, 2.45) is 0 Å². The maximum Gasteiger partial charge on any atom is 0.151 e. The van der Waals surface area contributed by atoms with E-state index in [-0.39, 0.29) is 5.41 Å². The van der Waals surface area contributed by atoms with Gasteiger partial charge in [-0.05, 0) is 51.0 Å². The Morgan fingerprint density at radius 3 is 2.32 bits per heavy atom. The molecule has 1 fully saturated rings. The molecule has 1 aliphatic heterocycles. The van der Waals surface area contributed by atoms with Gasteiger partial charge in [-0.2, -0.15) is 0 Å². The predicted octanol–water partition coefficient (Wildman–Crippen LogP) is 5.39. The van der Waals surface area contributed by atoms with Gasteiger partial charge >= 0.3 is 0 Å². The van der Waals surface area contributed by atoms with Gasteiger partial charge in [0.1, 0.15) is 0 Å². The van der Waals surface area contributed by atoms with Crippen LogP contribution < -0.4 is 14.4 Å². The van der Waals surface area contributed by atoms with Crippen LogP contribution in [-0.2, 0) is 5.41 Å². The van der Waals surface area contributed by atoms with Crippen molar-refractivity contribution in [1.29, 1.82) is 0 Å². The molecule has 152 valence electrons. The minimum atomic E-state index is 0.132. The number of hydrogen-bond acceptors (Lipinski definition) is 5. The molecule has 0 radical (unpaired) electrons. The van der Waals surface area contributed by atoms with E-state index in [1.807, 2.05) is 0 Å². The summed E-state index contributed by atoms with van der Waals surface area (Å²) in [5, 5.41) is 1.09. The molecule has 0 bridgehead atoms. The molecule has 0 aromatic heterocycles. The van der Waals surface area contributed by atoms with Crippen LogP contribution >= 0.6 is 35.3 Å². The number of piperidine rings is 1. The van der Waals surface area contributed by atoms with Crippen LogP contribution in [0.5, 0.6) is 5.75 Å². The molecule has 1 aliphatic rings. The molecule has 28 heavy (non-hydrogen) atoms. The molecule has 7 heteroatoms. The summed E-state index contributed by atoms with van der Waals surface area (Å²) in [6.07, 6.45) is 2.28. The maximum atomic E-state index is 5.99. The predicted molar refractivity (Wildman–Crippen MR) is 120 cm³/mol. The highest BCUT2D eigenvalue weighted by molar-refractivity contribution is 7.95. The molecule has 3 rings (SSSR count). The zero-order valence-corrected chi connectivity index (χ0v) is 18.6. The molecule has 2 aromatic rings. The summed E-state index contributed by atoms with van der Waals surface area (Å²) >= 11 is 13.3. The molecule has 0 spiro atoms. The number of benzene rings is 2. The van der Waals surface area contributed by atoms with Crippen molar-refractivity contribution >= 4 is 35.3 Å². The zero-order valence-electron chi connectivity index (χ0n) is 16.3. The minimum absolute atomic E-state index is 0.132. The van der Waals surface area contributed by atoms with Gasteiger partial charge in [-0.25, -0.2) is 4.72 Å². The average molecular weight is 440 g/mol. The number of likely N-dealkylation sites (tertiary alicyclic amines) is 1. The highest BCUT2D eigenvalue weighted by Gasteiger charge is 2.35. The van der Waals surface area contributed by atoms with Gasteiger partial charge in [-0.1, -0.05) is 64.8 Å². The Hall–Kier alpha value is -0.950. The third-order valence-electron chi connectivity index (χ3n) is 5.44. The Morgan fingerprint density at radius 1 is 1.07 bits per heavy atom. The number of nitrogens with one attached hydrogen (secondary N) is 2. The molecule has 0 amide bonds. The fourth-order valence-corrected chi connectivity index (χ4v) is 4.68. The number of halogens is 2. The summed E-state index contributed by atoms with van der Waals surface area (Å²) in [5.74, 6) is 0.580. The average Bonchev–Trinajstić information content (AvgIpc) is 2.68. The lowest BCUT2D eigenvalue weighted by Crippen LogP contribution is -2.47. The monoisotopic (exact) mass is 439 g/mol. The molecule has 0 atom stereocenters. The van der Waals surface area contributed by atoms with E-state index in [0.29, 0.717) is 15.8 Å². The Labute approximate surface area is 182 Å². The summed E-state index contributed by atoms with van der Waals surface area (Å²) in [6.45, 7) is 8.60. The molecular weight excluding hydrogens is 413 g/mol. The summed E-state index contributed by atoms with van der Waals surface area (Å²) in [4.78, 5) is 10.9. The molecule has 0 unspecified atom stereocenters. The second kappa shape index (κ2) is 10.2. The first-order valence-corrected chi connectivity index (χ1v) is 11.1. The zero-order chi connectivity index (χ0) is 20.0. The summed E-state index contributed by atoms with van der Waals surface area (Å²) in [5.41, 5.74) is 2.83. The van der Waals surface area contributed by atoms with Crippen LogP contribution in [0.15, 0.2) is 42.5 Å². The van der Waals surface area contributed by atoms with Crippen LogP contribution in [0.2, 0.25) is 10.0 Å². The standard InChI is InChI=1S/C21H27Cl2N3OS/c1-3-26-10-8-21(9-11-26,17-6-4-16(2)5-7-17)15-24-28-25-27-20-13-18(22)12-19(23)14-20/h4-7,12-14,24-25H,3,8-11,15H2,1-2H3. The van der Waals surface area contributed by atoms with Crippen molar-refractivity contribution in [1.82, 2.24) is 14.5 Å². The smallest absolute Gasteiger partial charge is 0.151 e. The summed E-state index contributed by atoms with van der Waals surface area (Å²) in [6, 6.07) is 14.1. The van der Waals surface area contributed by atoms with Crippen LogP contribution in [0.1, 0.15) is 30.9 Å². The quantitative estimate of drug-likeness (QED) is 0.327. The van der Waals surface area contributed by atoms with Crippen LogP contribution in [0.25, 0.3) is 0 Å². The van der Waals surface area contributed by atoms with E-state index in [1.165, 1.54) is 23.3 Å². The minimum Gasteiger partial charge on any atom is -0.397 e. The fourth-order valence-electron chi connectivity index (χ4n) is 3.63. The first-order chi connectivity index (χ1) is 13.5. The molecular formula is C21H27Cl2N3OS. The topological polar surface area (TPSA) is 36.5 Å². The largest absolute Gasteiger partial charge is 0.397 e. The van der Waals surface area contributed by atoms with Crippen LogP contribution in [-0.4, -0.2) is 31.1 Å². The van der Waals surface area contributed by atoms with E-state index in [2.05, 4.69) is 52.6 Å². The SMILES string of the molecule is CCN1CCC(CNSNOc2cc(Cl)cc(Cl)c2)(c2ccc(C)cc2)CC1. The van der Waals surface area contributed by atoms with Crippen molar-refractivity contribution in [3.05, 3.63) is 63.6 Å². The second-order valence-electron chi connectivity index (χ2n) is 7.29. The molecule has 4 nitrogen and oxygen atoms in total. The van der Waals surface area contributed by atoms with Crippen molar-refractivity contribution in [3.63, 3.8) is 0 Å². The van der Waals surface area contributed by atoms with Gasteiger partial charge in [-0.3, -0.25) is 0 Å². The molecule has 2 aromatic carbocycles. The van der Waals surface area contributed by atoms with Gasteiger partial charge in [0.25, 0.3) is 0 Å². The maximum absolute atomic E-state index is 5.99. The normalized spacial score (nSPS) is 16.9. The third kappa shape index (κ3) is 5.78. The van der Waals surface area contributed by atoms with Crippen molar-refractivity contribution in [3.8, 4) is 5.75 Å². The van der Waals surface area contributed by atoms with Gasteiger partial charge in [0, 0.05) is 46.3 Å². The van der Waals surface area contributed by atoms with Gasteiger partial charge in [0.05, 0.1) is 0 Å². The third-order valence-corrected chi connectivity index (χ3v) is 6.34. The van der Waals surface area contributed by atoms with E-state index in [9.17, 15) is 0 Å². The van der Waals surface area contributed by atoms with E-state index in [0.717, 1.165) is 39.0 Å². The highest BCUT2D eigenvalue weighted by Crippen LogP contribution is 2.35. The lowest BCUT2D eigenvalue weighted by Gasteiger charge is -2.42. The Bertz CT molecular complexity index is 744. The van der Waals surface area contributed by atoms with Crippen molar-refractivity contribution in [2.45, 2.75) is 32.1 Å². The van der Waals surface area contributed by atoms with E-state index >= 15 is 0 Å². The van der Waals surface area contributed by atoms with Crippen molar-refractivity contribution < 1.29 is 4.84 Å². The van der Waals surface area contributed by atoms with Gasteiger partial charge in [0.2, 0.25) is 0 Å². The van der Waals surface area contributed by atoms with E-state index < -0.39 is 0 Å². The molecule has 0 saturated carbocycles. The molecule has 1 saturated heterocycles. The van der Waals surface area contributed by atoms with Gasteiger partial charge in [-0.15, -0.1) is 0 Å². The molecule has 1 heterocycles. The molecule has 2 N–H and O–H groups in total. The first-order valence-electron chi connectivity index (χ1n) is 9.57. The van der Waals surface area contributed by atoms with Crippen molar-refractivity contribution in [2.75, 3.05) is 26.2 Å². The van der Waals surface area contributed by atoms with E-state index in [4.69, 9.17) is 28.0 Å². The van der Waals surface area contributed by atoms with E-state index in [1.54, 1.807) is 18.2 Å². The Morgan fingerprint density at radius 2 is 1.71 bits per heavy atom. The number of hydrogen-bond donors (Lipinski definition) is 2. The Kier molecular flexibility index (Phi) is 7.92. The van der Waals surface area contributed by atoms with Crippen LogP contribution in [0.4, 0.5) is 0 Å². The number of aryl methyl sites for hydroxylation is 1. The first kappa shape index (κ1) is 21.8. The number of nitrogens with zero attached hydrogens (tertiary/aromatic N) is 1. The summed E-state index contributed by atoms with van der Waals surface area (Å²) < 4.78 is 3.44. The summed E-state index contributed by atoms with van der Waals surface area (Å²) in [7, 11) is 0. The Balaban J connectivity index is 1.57. The highest BCUT2D eigenvalue weighted by atomic mass is 35.5. The lowest BCUT2D eigenvalue weighted by molar-refractivity contribution is 0.166. The van der Waals surface area contributed by atoms with Gasteiger partial charge in [0.15, 0.2) is 5.75 Å². The van der Waals surface area contributed by atoms with Crippen LogP contribution in [0, 0.1) is 6.92 Å². The fraction of sp³-hybridized carbons (Fsp3) is 0.429. The number of rotatable bonds is 8. The second-order valence-corrected chi connectivity index (χ2v) is 8.83. The lowest BCUT2D eigenvalue weighted by atomic mass is 9.72. The van der Waals surface area contributed by atoms with Crippen LogP contribution in [0.3, 0.4) is 0 Å². The molecule has 0 aliphatic carbocycles. The van der Waals surface area contributed by atoms with Gasteiger partial charge < -0.3 is 9.74 Å².